The van der Waals surface area contributed by atoms with E-state index in [0.717, 1.165) is 69.8 Å². The highest BCUT2D eigenvalue weighted by molar-refractivity contribution is 5.99. The van der Waals surface area contributed by atoms with Crippen LogP contribution < -0.4 is 0 Å². The molecule has 6 rings (SSSR count). The summed E-state index contributed by atoms with van der Waals surface area (Å²) in [7, 11) is 7.58. The lowest BCUT2D eigenvalue weighted by atomic mass is 9.70. The van der Waals surface area contributed by atoms with Gasteiger partial charge in [-0.15, -0.1) is 0 Å². The highest BCUT2D eigenvalue weighted by atomic mass is 16.7. The maximum absolute atomic E-state index is 14.7. The molecule has 6 aliphatic rings. The van der Waals surface area contributed by atoms with Crippen molar-refractivity contribution < 1.29 is 47.5 Å². The molecule has 3 heterocycles. The summed E-state index contributed by atoms with van der Waals surface area (Å²) < 4.78 is 50.8. The fourth-order valence-electron chi connectivity index (χ4n) is 10.9. The molecule has 4 fully saturated rings. The summed E-state index contributed by atoms with van der Waals surface area (Å²) in [5, 5.41) is 0. The lowest BCUT2D eigenvalue weighted by Gasteiger charge is -2.44. The van der Waals surface area contributed by atoms with Crippen LogP contribution in [0.25, 0.3) is 0 Å². The van der Waals surface area contributed by atoms with Crippen LogP contribution in [-0.2, 0) is 47.5 Å². The van der Waals surface area contributed by atoms with Gasteiger partial charge in [0.2, 0.25) is 0 Å². The van der Waals surface area contributed by atoms with Crippen molar-refractivity contribution in [2.75, 3.05) is 34.9 Å². The summed E-state index contributed by atoms with van der Waals surface area (Å²) in [6.45, 7) is 11.0. The van der Waals surface area contributed by atoms with Crippen molar-refractivity contribution in [1.82, 2.24) is 4.90 Å². The smallest absolute Gasteiger partial charge is 0.306 e. The lowest BCUT2D eigenvalue weighted by molar-refractivity contribution is -0.318. The molecule has 17 atom stereocenters. The molecule has 0 bridgehead atoms. The van der Waals surface area contributed by atoms with Crippen molar-refractivity contribution >= 4 is 11.8 Å². The number of nitrogens with zero attached hydrogens (tertiary/aromatic N) is 1. The minimum absolute atomic E-state index is 0.0369. The van der Waals surface area contributed by atoms with E-state index >= 15 is 0 Å². The summed E-state index contributed by atoms with van der Waals surface area (Å²) in [6.07, 6.45) is 14.1. The molecule has 0 aromatic carbocycles. The topological polar surface area (TPSA) is 111 Å². The van der Waals surface area contributed by atoms with E-state index in [1.165, 1.54) is 0 Å². The van der Waals surface area contributed by atoms with E-state index in [-0.39, 0.29) is 96.8 Å². The fraction of sp³-hybridized carbons (Fsp3) is 0.867. The molecule has 0 unspecified atom stereocenters. The number of esters is 1. The molecule has 56 heavy (non-hydrogen) atoms. The van der Waals surface area contributed by atoms with Crippen LogP contribution >= 0.6 is 0 Å². The molecular weight excluding hydrogens is 714 g/mol. The molecule has 0 aromatic heterocycles. The summed E-state index contributed by atoms with van der Waals surface area (Å²) in [5.41, 5.74) is 0.769. The van der Waals surface area contributed by atoms with Gasteiger partial charge < -0.3 is 42.8 Å². The number of ketones is 1. The number of rotatable bonds is 13. The number of hydrogen-bond donors (Lipinski definition) is 0. The number of methoxy groups -OCH3 is 2. The van der Waals surface area contributed by atoms with Gasteiger partial charge in [-0.2, -0.15) is 0 Å². The molecule has 3 saturated heterocycles. The number of carbonyl (C=O) groups excluding carboxylic acids is 2. The van der Waals surface area contributed by atoms with Gasteiger partial charge in [-0.05, 0) is 115 Å². The number of cyclic esters (lactones) is 1. The first-order chi connectivity index (χ1) is 27.0. The molecule has 318 valence electrons. The Hall–Kier alpha value is -1.70. The average Bonchev–Trinajstić information content (AvgIpc) is 3.75. The minimum atomic E-state index is -0.588. The fourth-order valence-corrected chi connectivity index (χ4v) is 10.9. The molecule has 0 amide bonds. The van der Waals surface area contributed by atoms with Gasteiger partial charge in [-0.1, -0.05) is 51.8 Å². The predicted octanol–water partition coefficient (Wildman–Crippen LogP) is 7.05. The van der Waals surface area contributed by atoms with E-state index in [1.807, 2.05) is 13.8 Å². The number of fused-ring (bicyclic) bond motifs is 5. The zero-order valence-corrected chi connectivity index (χ0v) is 35.8. The number of carbonyl (C=O) groups is 2. The Kier molecular flexibility index (Phi) is 15.7. The Morgan fingerprint density at radius 2 is 1.62 bits per heavy atom. The zero-order chi connectivity index (χ0) is 40.1. The van der Waals surface area contributed by atoms with Gasteiger partial charge in [0.05, 0.1) is 30.8 Å². The molecular formula is C45H73NO10. The summed E-state index contributed by atoms with van der Waals surface area (Å²) in [4.78, 5) is 30.5. The highest BCUT2D eigenvalue weighted by Gasteiger charge is 2.53. The monoisotopic (exact) mass is 788 g/mol. The van der Waals surface area contributed by atoms with Gasteiger partial charge in [-0.25, -0.2) is 0 Å². The van der Waals surface area contributed by atoms with Crippen molar-refractivity contribution in [3.8, 4) is 0 Å². The molecule has 1 saturated carbocycles. The summed E-state index contributed by atoms with van der Waals surface area (Å²) in [6, 6.07) is 0.338. The van der Waals surface area contributed by atoms with Crippen molar-refractivity contribution in [2.45, 2.75) is 179 Å². The largest absolute Gasteiger partial charge is 0.462 e. The van der Waals surface area contributed by atoms with Crippen LogP contribution in [0, 0.1) is 35.5 Å². The van der Waals surface area contributed by atoms with E-state index in [2.05, 4.69) is 58.0 Å². The van der Waals surface area contributed by atoms with Crippen molar-refractivity contribution in [3.63, 3.8) is 0 Å². The molecule has 0 aromatic rings. The Morgan fingerprint density at radius 1 is 0.839 bits per heavy atom. The molecule has 0 N–H and O–H groups in total. The number of Topliss-reactive ketones (excluding diaryl/α,β-unsaturated/α-hetero) is 1. The predicted molar refractivity (Wildman–Crippen MR) is 213 cm³/mol. The Balaban J connectivity index is 1.20. The highest BCUT2D eigenvalue weighted by Crippen LogP contribution is 2.54. The maximum atomic E-state index is 14.7. The Bertz CT molecular complexity index is 1350. The van der Waals surface area contributed by atoms with Crippen LogP contribution in [0.3, 0.4) is 0 Å². The van der Waals surface area contributed by atoms with E-state index in [9.17, 15) is 9.59 Å². The molecule has 11 nitrogen and oxygen atoms in total. The van der Waals surface area contributed by atoms with Gasteiger partial charge in [0.25, 0.3) is 0 Å². The minimum Gasteiger partial charge on any atom is -0.462 e. The zero-order valence-electron chi connectivity index (χ0n) is 35.8. The number of likely N-dealkylation sites (N-methyl/N-ethyl adjacent to an activating group) is 1. The van der Waals surface area contributed by atoms with Gasteiger partial charge >= 0.3 is 5.97 Å². The third-order valence-electron chi connectivity index (χ3n) is 14.0. The van der Waals surface area contributed by atoms with Crippen LogP contribution in [0.4, 0.5) is 0 Å². The summed E-state index contributed by atoms with van der Waals surface area (Å²) in [5.74, 6) is 0.0175. The second-order valence-electron chi connectivity index (χ2n) is 17.8. The lowest BCUT2D eigenvalue weighted by Crippen LogP contribution is -2.60. The van der Waals surface area contributed by atoms with Crippen LogP contribution in [0.5, 0.6) is 0 Å². The van der Waals surface area contributed by atoms with Crippen LogP contribution in [-0.4, -0.2) is 119 Å². The van der Waals surface area contributed by atoms with E-state index in [4.69, 9.17) is 37.9 Å². The van der Waals surface area contributed by atoms with E-state index in [1.54, 1.807) is 14.2 Å². The van der Waals surface area contributed by atoms with Gasteiger partial charge in [0.15, 0.2) is 18.4 Å². The second kappa shape index (κ2) is 20.0. The molecule has 0 spiro atoms. The molecule has 3 aliphatic carbocycles. The van der Waals surface area contributed by atoms with Crippen molar-refractivity contribution in [1.29, 1.82) is 0 Å². The SMILES string of the molecule is CCCCCO[C@H]1[C@H](O[C@H]2C[C@H]3[C@@H]4C=C5C(=O)[C@H](C)[C@@H](O[C@H]6CC[C@H](N(C)C)[C@@H](C)O6)CCC[C@H](CC)OC(=O)C[C@H]5[C@@H]4C=C[C@@H]3C2)O[C@@H](C)[C@H](OC)[C@H]1OC. The summed E-state index contributed by atoms with van der Waals surface area (Å²) >= 11 is 0. The first kappa shape index (κ1) is 43.9. The Morgan fingerprint density at radius 3 is 2.32 bits per heavy atom. The second-order valence-corrected chi connectivity index (χ2v) is 17.8. The molecule has 3 aliphatic heterocycles. The third kappa shape index (κ3) is 9.83. The standard InChI is InChI=1S/C45H73NO10/c1-10-12-13-21-51-44-43(50-9)42(49-8)28(5)53-45(44)55-31-22-29-17-18-32-34(33(29)23-31)24-36-35(32)25-39(47)54-30(11-2)15-14-16-38(26(3)41(36)48)56-40-20-19-37(46(6)7)27(4)52-40/h17-18,24,26-35,37-38,40,42-45H,10-16,19-23,25H2,1-9H3/t26-,27-,28+,29-,30+,31-,32-,33-,34-,35+,37+,38+,40+,42+,43-,44-,45+/m1/s1. The number of hydrogen-bond acceptors (Lipinski definition) is 11. The Labute approximate surface area is 336 Å². The van der Waals surface area contributed by atoms with E-state index in [0.29, 0.717) is 25.0 Å². The number of unbranched alkanes of at least 4 members (excludes halogenated alkanes) is 2. The first-order valence-electron chi connectivity index (χ1n) is 22.1. The van der Waals surface area contributed by atoms with Crippen LogP contribution in [0.1, 0.15) is 112 Å². The molecule has 0 radical (unpaired) electrons. The molecule has 11 heteroatoms. The van der Waals surface area contributed by atoms with Gasteiger partial charge in [0, 0.05) is 38.7 Å². The van der Waals surface area contributed by atoms with Crippen LogP contribution in [0.2, 0.25) is 0 Å². The average molecular weight is 788 g/mol. The van der Waals surface area contributed by atoms with Gasteiger partial charge in [-0.3, -0.25) is 9.59 Å². The van der Waals surface area contributed by atoms with Gasteiger partial charge in [0.1, 0.15) is 24.4 Å². The van der Waals surface area contributed by atoms with Crippen molar-refractivity contribution in [3.05, 3.63) is 23.8 Å². The maximum Gasteiger partial charge on any atom is 0.306 e. The van der Waals surface area contributed by atoms with Crippen molar-refractivity contribution in [2.24, 2.45) is 35.5 Å². The van der Waals surface area contributed by atoms with E-state index < -0.39 is 12.4 Å². The van der Waals surface area contributed by atoms with Crippen LogP contribution in [0.15, 0.2) is 23.8 Å². The first-order valence-corrected chi connectivity index (χ1v) is 22.1. The third-order valence-corrected chi connectivity index (χ3v) is 14.0. The number of ether oxygens (including phenoxy) is 8. The quantitative estimate of drug-likeness (QED) is 0.109. The number of allylic oxidation sites excluding steroid dienone is 4. The normalized spacial score (nSPS) is 43.3.